The molecule has 0 radical (unpaired) electrons. The SMILES string of the molecule is COc1cc(/C=N\NC(=O)CNC(=O)c2cccc(Br)c2)ccc1OC(=O)/C=C/c1ccccc1. The fourth-order valence-electron chi connectivity index (χ4n) is 2.83. The minimum Gasteiger partial charge on any atom is -0.493 e. The fraction of sp³-hybridized carbons (Fsp3) is 0.0769. The number of halogens is 1. The Bertz CT molecular complexity index is 1260. The highest BCUT2D eigenvalue weighted by atomic mass is 79.9. The smallest absolute Gasteiger partial charge is 0.336 e. The summed E-state index contributed by atoms with van der Waals surface area (Å²) in [4.78, 5) is 36.2. The van der Waals surface area contributed by atoms with Gasteiger partial charge in [-0.1, -0.05) is 52.3 Å². The van der Waals surface area contributed by atoms with Gasteiger partial charge in [0.2, 0.25) is 0 Å². The molecule has 0 fully saturated rings. The van der Waals surface area contributed by atoms with Crippen LogP contribution in [-0.2, 0) is 9.59 Å². The lowest BCUT2D eigenvalue weighted by molar-refractivity contribution is -0.129. The lowest BCUT2D eigenvalue weighted by Gasteiger charge is -2.08. The summed E-state index contributed by atoms with van der Waals surface area (Å²) < 4.78 is 11.4. The van der Waals surface area contributed by atoms with Gasteiger partial charge in [0.1, 0.15) is 0 Å². The number of ether oxygens (including phenoxy) is 2. The summed E-state index contributed by atoms with van der Waals surface area (Å²) in [6.07, 6.45) is 4.38. The summed E-state index contributed by atoms with van der Waals surface area (Å²) in [6.45, 7) is -0.239. The zero-order chi connectivity index (χ0) is 25.0. The number of rotatable bonds is 9. The molecule has 178 valence electrons. The van der Waals surface area contributed by atoms with Crippen molar-refractivity contribution in [3.8, 4) is 11.5 Å². The third-order valence-corrected chi connectivity index (χ3v) is 5.00. The number of nitrogens with zero attached hydrogens (tertiary/aromatic N) is 1. The average Bonchev–Trinajstić information content (AvgIpc) is 2.87. The third kappa shape index (κ3) is 8.24. The largest absolute Gasteiger partial charge is 0.493 e. The Hall–Kier alpha value is -4.24. The number of hydrogen-bond donors (Lipinski definition) is 2. The molecule has 0 spiro atoms. The van der Waals surface area contributed by atoms with E-state index in [9.17, 15) is 14.4 Å². The lowest BCUT2D eigenvalue weighted by atomic mass is 10.2. The molecule has 3 aromatic rings. The van der Waals surface area contributed by atoms with E-state index < -0.39 is 11.9 Å². The summed E-state index contributed by atoms with van der Waals surface area (Å²) in [5.41, 5.74) is 4.24. The summed E-state index contributed by atoms with van der Waals surface area (Å²) in [6, 6.07) is 21.0. The van der Waals surface area contributed by atoms with E-state index in [4.69, 9.17) is 9.47 Å². The summed E-state index contributed by atoms with van der Waals surface area (Å²) in [5.74, 6) is -0.855. The van der Waals surface area contributed by atoms with Crippen molar-refractivity contribution in [2.45, 2.75) is 0 Å². The third-order valence-electron chi connectivity index (χ3n) is 4.51. The Labute approximate surface area is 210 Å². The minimum atomic E-state index is -0.550. The number of esters is 1. The first-order valence-corrected chi connectivity index (χ1v) is 11.2. The molecule has 0 aliphatic heterocycles. The predicted molar refractivity (Wildman–Crippen MR) is 136 cm³/mol. The van der Waals surface area contributed by atoms with Crippen molar-refractivity contribution in [1.82, 2.24) is 10.7 Å². The van der Waals surface area contributed by atoms with Gasteiger partial charge in [-0.15, -0.1) is 0 Å². The Morgan fingerprint density at radius 3 is 2.49 bits per heavy atom. The molecule has 2 amide bonds. The van der Waals surface area contributed by atoms with Crippen molar-refractivity contribution in [2.24, 2.45) is 5.10 Å². The highest BCUT2D eigenvalue weighted by Crippen LogP contribution is 2.27. The molecule has 0 aliphatic carbocycles. The molecule has 0 unspecified atom stereocenters. The normalized spacial score (nSPS) is 10.8. The second kappa shape index (κ2) is 12.9. The zero-order valence-electron chi connectivity index (χ0n) is 18.7. The zero-order valence-corrected chi connectivity index (χ0v) is 20.3. The van der Waals surface area contributed by atoms with Gasteiger partial charge < -0.3 is 14.8 Å². The van der Waals surface area contributed by atoms with Gasteiger partial charge in [0.05, 0.1) is 19.9 Å². The van der Waals surface area contributed by atoms with Crippen molar-refractivity contribution >= 4 is 46.0 Å². The minimum absolute atomic E-state index is 0.239. The van der Waals surface area contributed by atoms with E-state index in [1.165, 1.54) is 19.4 Å². The second-order valence-electron chi connectivity index (χ2n) is 7.06. The number of methoxy groups -OCH3 is 1. The molecule has 0 aliphatic rings. The predicted octanol–water partition coefficient (Wildman–Crippen LogP) is 3.96. The van der Waals surface area contributed by atoms with E-state index in [2.05, 4.69) is 31.8 Å². The van der Waals surface area contributed by atoms with Crippen LogP contribution in [0.25, 0.3) is 6.08 Å². The number of carbonyl (C=O) groups is 3. The molecule has 8 nitrogen and oxygen atoms in total. The first-order valence-electron chi connectivity index (χ1n) is 10.4. The van der Waals surface area contributed by atoms with Crippen LogP contribution in [0.1, 0.15) is 21.5 Å². The van der Waals surface area contributed by atoms with Gasteiger partial charge in [0.15, 0.2) is 11.5 Å². The van der Waals surface area contributed by atoms with Gasteiger partial charge in [0.25, 0.3) is 11.8 Å². The fourth-order valence-corrected chi connectivity index (χ4v) is 3.23. The maximum atomic E-state index is 12.1. The molecular weight excluding hydrogens is 514 g/mol. The number of nitrogens with one attached hydrogen (secondary N) is 2. The topological polar surface area (TPSA) is 106 Å². The Morgan fingerprint density at radius 1 is 0.943 bits per heavy atom. The van der Waals surface area contributed by atoms with Gasteiger partial charge in [-0.2, -0.15) is 5.10 Å². The molecule has 0 aromatic heterocycles. The first-order chi connectivity index (χ1) is 16.9. The van der Waals surface area contributed by atoms with Crippen LogP contribution < -0.4 is 20.2 Å². The van der Waals surface area contributed by atoms with Crippen molar-refractivity contribution in [3.63, 3.8) is 0 Å². The molecule has 0 saturated heterocycles. The van der Waals surface area contributed by atoms with Crippen LogP contribution in [0.15, 0.2) is 88.4 Å². The van der Waals surface area contributed by atoms with Crippen LogP contribution in [-0.4, -0.2) is 37.7 Å². The van der Waals surface area contributed by atoms with Crippen LogP contribution in [0.2, 0.25) is 0 Å². The van der Waals surface area contributed by atoms with Gasteiger partial charge in [-0.3, -0.25) is 9.59 Å². The Balaban J connectivity index is 1.51. The lowest BCUT2D eigenvalue weighted by Crippen LogP contribution is -2.34. The molecule has 0 saturated carbocycles. The Morgan fingerprint density at radius 2 is 1.74 bits per heavy atom. The van der Waals surface area contributed by atoms with Crippen LogP contribution in [0.3, 0.4) is 0 Å². The maximum absolute atomic E-state index is 12.1. The van der Waals surface area contributed by atoms with Crippen LogP contribution in [0.4, 0.5) is 0 Å². The number of hydrogen-bond acceptors (Lipinski definition) is 6. The van der Waals surface area contributed by atoms with E-state index in [1.54, 1.807) is 48.5 Å². The number of hydrazone groups is 1. The highest BCUT2D eigenvalue weighted by molar-refractivity contribution is 9.10. The molecule has 3 rings (SSSR count). The highest BCUT2D eigenvalue weighted by Gasteiger charge is 2.10. The van der Waals surface area contributed by atoms with Crippen LogP contribution >= 0.6 is 15.9 Å². The molecule has 0 heterocycles. The van der Waals surface area contributed by atoms with E-state index in [0.717, 1.165) is 10.0 Å². The second-order valence-corrected chi connectivity index (χ2v) is 7.98. The van der Waals surface area contributed by atoms with E-state index in [1.807, 2.05) is 30.3 Å². The maximum Gasteiger partial charge on any atom is 0.336 e. The standard InChI is InChI=1S/C26H22BrN3O5/c1-34-23-14-19(10-12-22(23)35-25(32)13-11-18-6-3-2-4-7-18)16-29-30-24(31)17-28-26(33)20-8-5-9-21(27)15-20/h2-16H,17H2,1H3,(H,28,33)(H,30,31)/b13-11+,29-16-. The van der Waals surface area contributed by atoms with Gasteiger partial charge in [0, 0.05) is 16.1 Å². The van der Waals surface area contributed by atoms with Crippen LogP contribution in [0, 0.1) is 0 Å². The van der Waals surface area contributed by atoms with Crippen molar-refractivity contribution in [3.05, 3.63) is 100 Å². The molecule has 0 bridgehead atoms. The monoisotopic (exact) mass is 535 g/mol. The van der Waals surface area contributed by atoms with E-state index >= 15 is 0 Å². The molecule has 0 atom stereocenters. The summed E-state index contributed by atoms with van der Waals surface area (Å²) in [5, 5.41) is 6.40. The molecule has 2 N–H and O–H groups in total. The van der Waals surface area contributed by atoms with E-state index in [-0.39, 0.29) is 18.2 Å². The molecule has 3 aromatic carbocycles. The number of carbonyl (C=O) groups excluding carboxylic acids is 3. The van der Waals surface area contributed by atoms with E-state index in [0.29, 0.717) is 16.9 Å². The summed E-state index contributed by atoms with van der Waals surface area (Å²) in [7, 11) is 1.45. The average molecular weight is 536 g/mol. The first kappa shape index (κ1) is 25.4. The van der Waals surface area contributed by atoms with Crippen molar-refractivity contribution in [1.29, 1.82) is 0 Å². The van der Waals surface area contributed by atoms with Gasteiger partial charge in [-0.05, 0) is 53.6 Å². The quantitative estimate of drug-likeness (QED) is 0.142. The number of amides is 2. The van der Waals surface area contributed by atoms with Gasteiger partial charge >= 0.3 is 5.97 Å². The molecule has 35 heavy (non-hydrogen) atoms. The van der Waals surface area contributed by atoms with Crippen LogP contribution in [0.5, 0.6) is 11.5 Å². The number of benzene rings is 3. The Kier molecular flexibility index (Phi) is 9.32. The summed E-state index contributed by atoms with van der Waals surface area (Å²) >= 11 is 3.29. The van der Waals surface area contributed by atoms with Crippen molar-refractivity contribution < 1.29 is 23.9 Å². The molecule has 9 heteroatoms. The molecular formula is C26H22BrN3O5. The van der Waals surface area contributed by atoms with Crippen molar-refractivity contribution in [2.75, 3.05) is 13.7 Å². The van der Waals surface area contributed by atoms with Gasteiger partial charge in [-0.25, -0.2) is 10.2 Å².